The molecule has 4 aromatic rings. The van der Waals surface area contributed by atoms with Crippen LogP contribution in [0.3, 0.4) is 0 Å². The van der Waals surface area contributed by atoms with Crippen molar-refractivity contribution in [3.8, 4) is 5.75 Å². The van der Waals surface area contributed by atoms with Crippen molar-refractivity contribution in [3.05, 3.63) is 94.3 Å². The SMILES string of the molecule is Cc1cc(C)cc(OCCCCn2c(CCNC(=O)Cc3ccccc3Cl)nc3ccccc32)c1. The highest BCUT2D eigenvalue weighted by Gasteiger charge is 2.12. The van der Waals surface area contributed by atoms with Crippen LogP contribution < -0.4 is 10.1 Å². The van der Waals surface area contributed by atoms with Gasteiger partial charge in [-0.3, -0.25) is 4.79 Å². The predicted octanol–water partition coefficient (Wildman–Crippen LogP) is 6.07. The van der Waals surface area contributed by atoms with Gasteiger partial charge in [-0.2, -0.15) is 0 Å². The average Bonchev–Trinajstić information content (AvgIpc) is 3.17. The van der Waals surface area contributed by atoms with E-state index in [2.05, 4.69) is 48.0 Å². The molecule has 1 aromatic heterocycles. The van der Waals surface area contributed by atoms with E-state index in [1.807, 2.05) is 36.4 Å². The van der Waals surface area contributed by atoms with Crippen molar-refractivity contribution >= 4 is 28.5 Å². The van der Waals surface area contributed by atoms with Crippen LogP contribution in [0.1, 0.15) is 35.4 Å². The number of benzene rings is 3. The third-order valence-corrected chi connectivity index (χ3v) is 6.32. The van der Waals surface area contributed by atoms with Gasteiger partial charge >= 0.3 is 0 Å². The molecule has 0 aliphatic rings. The molecule has 0 bridgehead atoms. The van der Waals surface area contributed by atoms with Crippen LogP contribution in [0.2, 0.25) is 5.02 Å². The monoisotopic (exact) mass is 489 g/mol. The molecule has 0 saturated heterocycles. The lowest BCUT2D eigenvalue weighted by Gasteiger charge is -2.11. The number of amides is 1. The molecule has 0 radical (unpaired) electrons. The Kier molecular flexibility index (Phi) is 8.43. The van der Waals surface area contributed by atoms with E-state index in [0.29, 0.717) is 24.6 Å². The Morgan fingerprint density at radius 2 is 1.74 bits per heavy atom. The molecule has 0 fully saturated rings. The first-order valence-corrected chi connectivity index (χ1v) is 12.5. The number of ether oxygens (including phenoxy) is 1. The average molecular weight is 490 g/mol. The fourth-order valence-electron chi connectivity index (χ4n) is 4.33. The van der Waals surface area contributed by atoms with Gasteiger partial charge in [0.25, 0.3) is 0 Å². The summed E-state index contributed by atoms with van der Waals surface area (Å²) in [6, 6.07) is 21.9. The Bertz CT molecular complexity index is 1280. The number of carbonyl (C=O) groups excluding carboxylic acids is 1. The van der Waals surface area contributed by atoms with Crippen molar-refractivity contribution < 1.29 is 9.53 Å². The summed E-state index contributed by atoms with van der Waals surface area (Å²) in [5, 5.41) is 3.63. The zero-order chi connectivity index (χ0) is 24.6. The summed E-state index contributed by atoms with van der Waals surface area (Å²) >= 11 is 6.18. The minimum absolute atomic E-state index is 0.0377. The number of rotatable bonds is 11. The lowest BCUT2D eigenvalue weighted by Crippen LogP contribution is -2.28. The molecule has 1 amide bonds. The van der Waals surface area contributed by atoms with Crippen molar-refractivity contribution in [2.24, 2.45) is 0 Å². The second kappa shape index (κ2) is 11.9. The van der Waals surface area contributed by atoms with Gasteiger partial charge in [-0.15, -0.1) is 0 Å². The zero-order valence-corrected chi connectivity index (χ0v) is 21.1. The second-order valence-electron chi connectivity index (χ2n) is 8.92. The summed E-state index contributed by atoms with van der Waals surface area (Å²) in [4.78, 5) is 17.2. The summed E-state index contributed by atoms with van der Waals surface area (Å²) < 4.78 is 8.24. The molecule has 4 rings (SSSR count). The highest BCUT2D eigenvalue weighted by molar-refractivity contribution is 6.31. The number of unbranched alkanes of at least 4 members (excludes halogenated alkanes) is 1. The molecule has 0 aliphatic heterocycles. The Labute approximate surface area is 212 Å². The number of nitrogens with one attached hydrogen (secondary N) is 1. The molecule has 6 heteroatoms. The summed E-state index contributed by atoms with van der Waals surface area (Å²) in [7, 11) is 0. The van der Waals surface area contributed by atoms with Crippen molar-refractivity contribution in [2.45, 2.75) is 46.1 Å². The second-order valence-corrected chi connectivity index (χ2v) is 9.32. The minimum atomic E-state index is -0.0377. The van der Waals surface area contributed by atoms with E-state index in [0.717, 1.165) is 47.6 Å². The Balaban J connectivity index is 1.31. The van der Waals surface area contributed by atoms with E-state index in [9.17, 15) is 4.79 Å². The van der Waals surface area contributed by atoms with Gasteiger partial charge in [0.2, 0.25) is 5.91 Å². The molecule has 182 valence electrons. The number of nitrogens with zero attached hydrogens (tertiary/aromatic N) is 2. The largest absolute Gasteiger partial charge is 0.494 e. The molecule has 0 saturated carbocycles. The third kappa shape index (κ3) is 6.86. The number of imidazole rings is 1. The Morgan fingerprint density at radius 3 is 2.54 bits per heavy atom. The Morgan fingerprint density at radius 1 is 1.00 bits per heavy atom. The van der Waals surface area contributed by atoms with Crippen molar-refractivity contribution in [1.29, 1.82) is 0 Å². The van der Waals surface area contributed by atoms with Gasteiger partial charge in [0, 0.05) is 24.5 Å². The number of carbonyl (C=O) groups is 1. The predicted molar refractivity (Wildman–Crippen MR) is 142 cm³/mol. The van der Waals surface area contributed by atoms with Gasteiger partial charge in [-0.25, -0.2) is 4.98 Å². The number of aromatic nitrogens is 2. The number of para-hydroxylation sites is 2. The lowest BCUT2D eigenvalue weighted by atomic mass is 10.1. The van der Waals surface area contributed by atoms with Crippen LogP contribution in [0, 0.1) is 13.8 Å². The first kappa shape index (κ1) is 24.8. The molecule has 1 N–H and O–H groups in total. The van der Waals surface area contributed by atoms with Gasteiger partial charge in [0.05, 0.1) is 24.1 Å². The minimum Gasteiger partial charge on any atom is -0.494 e. The van der Waals surface area contributed by atoms with E-state index in [-0.39, 0.29) is 12.3 Å². The third-order valence-electron chi connectivity index (χ3n) is 5.95. The topological polar surface area (TPSA) is 56.1 Å². The maximum Gasteiger partial charge on any atom is 0.224 e. The molecule has 0 spiro atoms. The Hall–Kier alpha value is -3.31. The molecule has 5 nitrogen and oxygen atoms in total. The van der Waals surface area contributed by atoms with Gasteiger partial charge in [-0.05, 0) is 73.7 Å². The standard InChI is InChI=1S/C29H32ClN3O2/c1-21-17-22(2)19-24(18-21)35-16-8-7-15-33-27-12-6-5-11-26(27)32-28(33)13-14-31-29(34)20-23-9-3-4-10-25(23)30/h3-6,9-12,17-19H,7-8,13-16,20H2,1-2H3,(H,31,34). The highest BCUT2D eigenvalue weighted by Crippen LogP contribution is 2.19. The number of halogens is 1. The van der Waals surface area contributed by atoms with Crippen LogP contribution in [-0.4, -0.2) is 28.6 Å². The fourth-order valence-corrected chi connectivity index (χ4v) is 4.54. The van der Waals surface area contributed by atoms with E-state index >= 15 is 0 Å². The maximum absolute atomic E-state index is 12.4. The molecule has 3 aromatic carbocycles. The van der Waals surface area contributed by atoms with Crippen molar-refractivity contribution in [3.63, 3.8) is 0 Å². The van der Waals surface area contributed by atoms with E-state index in [1.165, 1.54) is 11.1 Å². The van der Waals surface area contributed by atoms with Crippen LogP contribution in [0.4, 0.5) is 0 Å². The first-order valence-electron chi connectivity index (χ1n) is 12.1. The van der Waals surface area contributed by atoms with E-state index in [1.54, 1.807) is 6.07 Å². The van der Waals surface area contributed by atoms with E-state index in [4.69, 9.17) is 21.3 Å². The summed E-state index contributed by atoms with van der Waals surface area (Å²) in [6.45, 7) is 6.25. The smallest absolute Gasteiger partial charge is 0.224 e. The number of hydrogen-bond acceptors (Lipinski definition) is 3. The normalized spacial score (nSPS) is 11.1. The molecular formula is C29H32ClN3O2. The molecule has 1 heterocycles. The van der Waals surface area contributed by atoms with Crippen LogP contribution in [0.25, 0.3) is 11.0 Å². The van der Waals surface area contributed by atoms with Gasteiger partial charge < -0.3 is 14.6 Å². The zero-order valence-electron chi connectivity index (χ0n) is 20.4. The lowest BCUT2D eigenvalue weighted by molar-refractivity contribution is -0.120. The number of hydrogen-bond donors (Lipinski definition) is 1. The maximum atomic E-state index is 12.4. The van der Waals surface area contributed by atoms with Gasteiger partial charge in [0.1, 0.15) is 11.6 Å². The van der Waals surface area contributed by atoms with Crippen LogP contribution in [-0.2, 0) is 24.2 Å². The van der Waals surface area contributed by atoms with E-state index < -0.39 is 0 Å². The number of fused-ring (bicyclic) bond motifs is 1. The van der Waals surface area contributed by atoms with Crippen LogP contribution in [0.15, 0.2) is 66.7 Å². The molecule has 0 atom stereocenters. The highest BCUT2D eigenvalue weighted by atomic mass is 35.5. The van der Waals surface area contributed by atoms with Crippen molar-refractivity contribution in [2.75, 3.05) is 13.2 Å². The molecule has 35 heavy (non-hydrogen) atoms. The van der Waals surface area contributed by atoms with Crippen molar-refractivity contribution in [1.82, 2.24) is 14.9 Å². The fraction of sp³-hybridized carbons (Fsp3) is 0.310. The van der Waals surface area contributed by atoms with Gasteiger partial charge in [-0.1, -0.05) is 48.0 Å². The number of aryl methyl sites for hydroxylation is 3. The summed E-state index contributed by atoms with van der Waals surface area (Å²) in [6.07, 6.45) is 2.88. The van der Waals surface area contributed by atoms with Crippen LogP contribution >= 0.6 is 11.6 Å². The molecular weight excluding hydrogens is 458 g/mol. The molecule has 0 aliphatic carbocycles. The summed E-state index contributed by atoms with van der Waals surface area (Å²) in [5.41, 5.74) is 5.38. The molecule has 0 unspecified atom stereocenters. The quantitative estimate of drug-likeness (QED) is 0.260. The first-order chi connectivity index (χ1) is 17.0. The van der Waals surface area contributed by atoms with Crippen LogP contribution in [0.5, 0.6) is 5.75 Å². The van der Waals surface area contributed by atoms with Gasteiger partial charge in [0.15, 0.2) is 0 Å². The summed E-state index contributed by atoms with van der Waals surface area (Å²) in [5.74, 6) is 1.88.